The van der Waals surface area contributed by atoms with E-state index in [1.54, 1.807) is 0 Å². The molecule has 1 rings (SSSR count). The third kappa shape index (κ3) is 5.25. The van der Waals surface area contributed by atoms with Crippen molar-refractivity contribution in [2.45, 2.75) is 20.3 Å². The molecular formula is C12H18ClNO3S. The third-order valence-electron chi connectivity index (χ3n) is 2.60. The van der Waals surface area contributed by atoms with E-state index >= 15 is 0 Å². The lowest BCUT2D eigenvalue weighted by Gasteiger charge is -2.23. The van der Waals surface area contributed by atoms with Crippen molar-refractivity contribution in [2.24, 2.45) is 0 Å². The van der Waals surface area contributed by atoms with Crippen LogP contribution < -0.4 is 4.90 Å². The second-order valence-corrected chi connectivity index (χ2v) is 6.21. The number of hydrogen-bond donors (Lipinski definition) is 1. The lowest BCUT2D eigenvalue weighted by molar-refractivity contribution is 0.481. The fourth-order valence-electron chi connectivity index (χ4n) is 1.81. The Kier molecular flexibility index (Phi) is 5.44. The predicted octanol–water partition coefficient (Wildman–Crippen LogP) is 2.75. The molecular weight excluding hydrogens is 274 g/mol. The second kappa shape index (κ2) is 6.41. The normalized spacial score (nSPS) is 11.6. The summed E-state index contributed by atoms with van der Waals surface area (Å²) in [6, 6.07) is 5.73. The van der Waals surface area contributed by atoms with Gasteiger partial charge < -0.3 is 4.90 Å². The van der Waals surface area contributed by atoms with Crippen LogP contribution in [0, 0.1) is 6.92 Å². The van der Waals surface area contributed by atoms with Crippen LogP contribution in [0.2, 0.25) is 5.02 Å². The van der Waals surface area contributed by atoms with Gasteiger partial charge in [0.05, 0.1) is 5.75 Å². The quantitative estimate of drug-likeness (QED) is 0.819. The Bertz CT molecular complexity index is 482. The van der Waals surface area contributed by atoms with Gasteiger partial charge in [0.15, 0.2) is 0 Å². The Morgan fingerprint density at radius 3 is 2.50 bits per heavy atom. The molecule has 0 aliphatic heterocycles. The van der Waals surface area contributed by atoms with Crippen molar-refractivity contribution in [3.8, 4) is 0 Å². The minimum atomic E-state index is -3.88. The van der Waals surface area contributed by atoms with E-state index in [0.717, 1.165) is 17.8 Å². The van der Waals surface area contributed by atoms with Gasteiger partial charge in [0.2, 0.25) is 0 Å². The molecule has 0 fully saturated rings. The molecule has 0 radical (unpaired) electrons. The minimum absolute atomic E-state index is 0.219. The van der Waals surface area contributed by atoms with Crippen molar-refractivity contribution in [3.63, 3.8) is 0 Å². The van der Waals surface area contributed by atoms with Gasteiger partial charge in [-0.25, -0.2) is 0 Å². The van der Waals surface area contributed by atoms with Crippen LogP contribution in [0.4, 0.5) is 5.69 Å². The van der Waals surface area contributed by atoms with E-state index in [-0.39, 0.29) is 5.75 Å². The smallest absolute Gasteiger partial charge is 0.264 e. The highest BCUT2D eigenvalue weighted by atomic mass is 35.5. The largest absolute Gasteiger partial charge is 0.372 e. The number of rotatable bonds is 6. The monoisotopic (exact) mass is 291 g/mol. The summed E-state index contributed by atoms with van der Waals surface area (Å²) in [5, 5.41) is 0.665. The average molecular weight is 292 g/mol. The fraction of sp³-hybridized carbons (Fsp3) is 0.500. The molecule has 4 nitrogen and oxygen atoms in total. The van der Waals surface area contributed by atoms with Gasteiger partial charge in [-0.2, -0.15) is 8.42 Å². The SMILES string of the molecule is CCN(CCCS(=O)(=O)O)c1cc(C)cc(Cl)c1. The minimum Gasteiger partial charge on any atom is -0.372 e. The van der Waals surface area contributed by atoms with E-state index in [9.17, 15) is 8.42 Å². The van der Waals surface area contributed by atoms with Crippen LogP contribution in [0.1, 0.15) is 18.9 Å². The summed E-state index contributed by atoms with van der Waals surface area (Å²) in [6.45, 7) is 5.27. The van der Waals surface area contributed by atoms with Gasteiger partial charge in [0.1, 0.15) is 0 Å². The van der Waals surface area contributed by atoms with Crippen molar-refractivity contribution in [3.05, 3.63) is 28.8 Å². The van der Waals surface area contributed by atoms with Crippen molar-refractivity contribution in [1.29, 1.82) is 0 Å². The number of aryl methyl sites for hydroxylation is 1. The summed E-state index contributed by atoms with van der Waals surface area (Å²) in [7, 11) is -3.88. The van der Waals surface area contributed by atoms with Crippen molar-refractivity contribution in [1.82, 2.24) is 0 Å². The predicted molar refractivity (Wildman–Crippen MR) is 75.1 cm³/mol. The molecule has 0 unspecified atom stereocenters. The van der Waals surface area contributed by atoms with Gasteiger partial charge in [-0.05, 0) is 44.0 Å². The molecule has 0 heterocycles. The highest BCUT2D eigenvalue weighted by molar-refractivity contribution is 7.85. The van der Waals surface area contributed by atoms with E-state index in [0.29, 0.717) is 18.0 Å². The van der Waals surface area contributed by atoms with Gasteiger partial charge >= 0.3 is 0 Å². The van der Waals surface area contributed by atoms with Crippen LogP contribution in [0.3, 0.4) is 0 Å². The van der Waals surface area contributed by atoms with Crippen LogP contribution in [0.25, 0.3) is 0 Å². The molecule has 0 aromatic heterocycles. The van der Waals surface area contributed by atoms with Crippen LogP contribution in [0.15, 0.2) is 18.2 Å². The molecule has 102 valence electrons. The maximum Gasteiger partial charge on any atom is 0.264 e. The number of halogens is 1. The van der Waals surface area contributed by atoms with Gasteiger partial charge in [0, 0.05) is 23.8 Å². The van der Waals surface area contributed by atoms with Gasteiger partial charge in [-0.1, -0.05) is 11.6 Å². The zero-order valence-electron chi connectivity index (χ0n) is 10.6. The molecule has 1 aromatic carbocycles. The van der Waals surface area contributed by atoms with Crippen LogP contribution in [-0.4, -0.2) is 31.8 Å². The molecule has 0 saturated heterocycles. The van der Waals surface area contributed by atoms with E-state index in [2.05, 4.69) is 0 Å². The highest BCUT2D eigenvalue weighted by Gasteiger charge is 2.09. The van der Waals surface area contributed by atoms with Crippen molar-refractivity contribution in [2.75, 3.05) is 23.7 Å². The Balaban J connectivity index is 2.71. The van der Waals surface area contributed by atoms with Gasteiger partial charge in [-0.3, -0.25) is 4.55 Å². The first-order chi connectivity index (χ1) is 8.31. The topological polar surface area (TPSA) is 57.6 Å². The molecule has 0 atom stereocenters. The summed E-state index contributed by atoms with van der Waals surface area (Å²) in [6.07, 6.45) is 0.387. The van der Waals surface area contributed by atoms with Crippen molar-refractivity contribution >= 4 is 27.4 Å². The Hall–Kier alpha value is -0.780. The lowest BCUT2D eigenvalue weighted by Crippen LogP contribution is -2.25. The van der Waals surface area contributed by atoms with Crippen molar-refractivity contribution < 1.29 is 13.0 Å². The van der Waals surface area contributed by atoms with Crippen LogP contribution >= 0.6 is 11.6 Å². The van der Waals surface area contributed by atoms with E-state index in [1.165, 1.54) is 0 Å². The second-order valence-electron chi connectivity index (χ2n) is 4.21. The molecule has 18 heavy (non-hydrogen) atoms. The molecule has 0 aliphatic carbocycles. The first-order valence-corrected chi connectivity index (χ1v) is 7.78. The first-order valence-electron chi connectivity index (χ1n) is 5.79. The molecule has 6 heteroatoms. The Labute approximate surface area is 113 Å². The van der Waals surface area contributed by atoms with Crippen LogP contribution in [-0.2, 0) is 10.1 Å². The van der Waals surface area contributed by atoms with Gasteiger partial charge in [0.25, 0.3) is 10.1 Å². The third-order valence-corrected chi connectivity index (χ3v) is 3.63. The van der Waals surface area contributed by atoms with E-state index in [1.807, 2.05) is 36.9 Å². The van der Waals surface area contributed by atoms with E-state index < -0.39 is 10.1 Å². The number of nitrogens with zero attached hydrogens (tertiary/aromatic N) is 1. The Morgan fingerprint density at radius 2 is 2.00 bits per heavy atom. The standard InChI is InChI=1S/C12H18ClNO3S/c1-3-14(5-4-6-18(15,16)17)12-8-10(2)7-11(13)9-12/h7-9H,3-6H2,1-2H3,(H,15,16,17). The summed E-state index contributed by atoms with van der Waals surface area (Å²) in [5.74, 6) is -0.219. The highest BCUT2D eigenvalue weighted by Crippen LogP contribution is 2.22. The zero-order valence-corrected chi connectivity index (χ0v) is 12.1. The maximum atomic E-state index is 10.7. The van der Waals surface area contributed by atoms with Gasteiger partial charge in [-0.15, -0.1) is 0 Å². The summed E-state index contributed by atoms with van der Waals surface area (Å²) in [4.78, 5) is 2.03. The molecule has 1 N–H and O–H groups in total. The first kappa shape index (κ1) is 15.3. The van der Waals surface area contributed by atoms with E-state index in [4.69, 9.17) is 16.2 Å². The summed E-state index contributed by atoms with van der Waals surface area (Å²) in [5.41, 5.74) is 2.03. The molecule has 1 aromatic rings. The zero-order chi connectivity index (χ0) is 13.8. The number of benzene rings is 1. The molecule has 0 spiro atoms. The number of anilines is 1. The maximum absolute atomic E-state index is 10.7. The summed E-state index contributed by atoms with van der Waals surface area (Å²) < 4.78 is 30.0. The molecule has 0 amide bonds. The molecule has 0 aliphatic rings. The fourth-order valence-corrected chi connectivity index (χ4v) is 2.59. The average Bonchev–Trinajstić information content (AvgIpc) is 2.21. The molecule has 0 bridgehead atoms. The van der Waals surface area contributed by atoms with Crippen LogP contribution in [0.5, 0.6) is 0 Å². The Morgan fingerprint density at radius 1 is 1.33 bits per heavy atom. The molecule has 0 saturated carbocycles. The number of hydrogen-bond acceptors (Lipinski definition) is 3. The summed E-state index contributed by atoms with van der Waals surface area (Å²) >= 11 is 6.00. The lowest BCUT2D eigenvalue weighted by atomic mass is 10.2.